The van der Waals surface area contributed by atoms with Gasteiger partial charge < -0.3 is 5.11 Å². The first-order chi connectivity index (χ1) is 8.40. The number of benzene rings is 1. The summed E-state index contributed by atoms with van der Waals surface area (Å²) in [4.78, 5) is 4.38. The lowest BCUT2D eigenvalue weighted by molar-refractivity contribution is 0.461. The molecule has 2 nitrogen and oxygen atoms in total. The SMILES string of the molecule is Cc1cc(C=NCC(C)C)c(O)c(CC(C)C)c1. The molecule has 18 heavy (non-hydrogen) atoms. The molecule has 0 aliphatic carbocycles. The van der Waals surface area contributed by atoms with Gasteiger partial charge in [0.1, 0.15) is 5.75 Å². The van der Waals surface area contributed by atoms with Gasteiger partial charge >= 0.3 is 0 Å². The van der Waals surface area contributed by atoms with E-state index in [0.717, 1.165) is 24.1 Å². The highest BCUT2D eigenvalue weighted by atomic mass is 16.3. The number of aliphatic imine (C=N–C) groups is 1. The molecule has 0 aromatic heterocycles. The Kier molecular flexibility index (Phi) is 5.39. The van der Waals surface area contributed by atoms with Crippen LogP contribution in [0, 0.1) is 18.8 Å². The van der Waals surface area contributed by atoms with Gasteiger partial charge in [0.2, 0.25) is 0 Å². The van der Waals surface area contributed by atoms with Gasteiger partial charge in [0.15, 0.2) is 0 Å². The normalized spacial score (nSPS) is 11.9. The highest BCUT2D eigenvalue weighted by Gasteiger charge is 2.08. The van der Waals surface area contributed by atoms with E-state index in [1.165, 1.54) is 5.56 Å². The van der Waals surface area contributed by atoms with Crippen molar-refractivity contribution < 1.29 is 5.11 Å². The number of aryl methyl sites for hydroxylation is 1. The van der Waals surface area contributed by atoms with Gasteiger partial charge in [-0.1, -0.05) is 33.8 Å². The van der Waals surface area contributed by atoms with Gasteiger partial charge in [-0.2, -0.15) is 0 Å². The average Bonchev–Trinajstić information content (AvgIpc) is 2.23. The Labute approximate surface area is 111 Å². The van der Waals surface area contributed by atoms with E-state index in [1.54, 1.807) is 6.21 Å². The summed E-state index contributed by atoms with van der Waals surface area (Å²) in [6.45, 7) is 11.5. The summed E-state index contributed by atoms with van der Waals surface area (Å²) in [5.41, 5.74) is 3.04. The number of hydrogen-bond acceptors (Lipinski definition) is 2. The number of phenolic OH excluding ortho intramolecular Hbond substituents is 1. The lowest BCUT2D eigenvalue weighted by atomic mass is 9.97. The van der Waals surface area contributed by atoms with E-state index < -0.39 is 0 Å². The molecule has 0 saturated heterocycles. The van der Waals surface area contributed by atoms with Crippen LogP contribution in [-0.2, 0) is 6.42 Å². The number of hydrogen-bond donors (Lipinski definition) is 1. The summed E-state index contributed by atoms with van der Waals surface area (Å²) in [6.07, 6.45) is 2.70. The number of rotatable bonds is 5. The van der Waals surface area contributed by atoms with Crippen molar-refractivity contribution in [3.8, 4) is 5.75 Å². The fraction of sp³-hybridized carbons (Fsp3) is 0.562. The molecule has 0 aliphatic rings. The van der Waals surface area contributed by atoms with Crippen LogP contribution in [0.3, 0.4) is 0 Å². The molecule has 0 aliphatic heterocycles. The predicted octanol–water partition coefficient (Wildman–Crippen LogP) is 3.97. The molecular formula is C16H25NO. The number of phenols is 1. The summed E-state index contributed by atoms with van der Waals surface area (Å²) < 4.78 is 0. The fourth-order valence-corrected chi connectivity index (χ4v) is 1.94. The van der Waals surface area contributed by atoms with Crippen LogP contribution in [0.4, 0.5) is 0 Å². The quantitative estimate of drug-likeness (QED) is 0.784. The molecular weight excluding hydrogens is 222 g/mol. The molecule has 0 saturated carbocycles. The molecule has 2 heteroatoms. The molecule has 0 bridgehead atoms. The van der Waals surface area contributed by atoms with Crippen molar-refractivity contribution in [2.45, 2.75) is 41.0 Å². The second-order valence-electron chi connectivity index (χ2n) is 5.85. The first-order valence-electron chi connectivity index (χ1n) is 6.72. The highest BCUT2D eigenvalue weighted by molar-refractivity contribution is 5.84. The third kappa shape index (κ3) is 4.52. The van der Waals surface area contributed by atoms with E-state index in [2.05, 4.69) is 45.7 Å². The topological polar surface area (TPSA) is 32.6 Å². The fourth-order valence-electron chi connectivity index (χ4n) is 1.94. The van der Waals surface area contributed by atoms with Crippen LogP contribution in [0.5, 0.6) is 5.75 Å². The third-order valence-electron chi connectivity index (χ3n) is 2.69. The van der Waals surface area contributed by atoms with E-state index in [0.29, 0.717) is 17.6 Å². The minimum atomic E-state index is 0.391. The zero-order valence-electron chi connectivity index (χ0n) is 12.2. The maximum atomic E-state index is 10.2. The Bertz CT molecular complexity index is 419. The molecule has 0 heterocycles. The van der Waals surface area contributed by atoms with Crippen molar-refractivity contribution in [1.82, 2.24) is 0 Å². The maximum Gasteiger partial charge on any atom is 0.127 e. The zero-order valence-corrected chi connectivity index (χ0v) is 12.2. The van der Waals surface area contributed by atoms with Gasteiger partial charge in [0, 0.05) is 18.3 Å². The lowest BCUT2D eigenvalue weighted by Crippen LogP contribution is -1.99. The van der Waals surface area contributed by atoms with Crippen LogP contribution in [0.1, 0.15) is 44.4 Å². The van der Waals surface area contributed by atoms with Crippen molar-refractivity contribution in [3.63, 3.8) is 0 Å². The summed E-state index contributed by atoms with van der Waals surface area (Å²) in [7, 11) is 0. The number of nitrogens with zero attached hydrogens (tertiary/aromatic N) is 1. The van der Waals surface area contributed by atoms with Crippen LogP contribution in [0.2, 0.25) is 0 Å². The maximum absolute atomic E-state index is 10.2. The van der Waals surface area contributed by atoms with Crippen molar-refractivity contribution in [1.29, 1.82) is 0 Å². The Morgan fingerprint density at radius 1 is 1.17 bits per heavy atom. The second kappa shape index (κ2) is 6.58. The molecule has 0 fully saturated rings. The van der Waals surface area contributed by atoms with E-state index in [1.807, 2.05) is 6.07 Å². The van der Waals surface area contributed by atoms with Gasteiger partial charge in [-0.15, -0.1) is 0 Å². The monoisotopic (exact) mass is 247 g/mol. The van der Waals surface area contributed by atoms with Crippen molar-refractivity contribution in [2.75, 3.05) is 6.54 Å². The smallest absolute Gasteiger partial charge is 0.127 e. The summed E-state index contributed by atoms with van der Waals surface area (Å²) >= 11 is 0. The summed E-state index contributed by atoms with van der Waals surface area (Å²) in [5, 5.41) is 10.2. The molecule has 1 aromatic rings. The second-order valence-corrected chi connectivity index (χ2v) is 5.85. The van der Waals surface area contributed by atoms with Crippen LogP contribution >= 0.6 is 0 Å². The van der Waals surface area contributed by atoms with E-state index in [4.69, 9.17) is 0 Å². The molecule has 0 atom stereocenters. The molecule has 1 aromatic carbocycles. The Balaban J connectivity index is 2.97. The van der Waals surface area contributed by atoms with Crippen LogP contribution in [-0.4, -0.2) is 17.9 Å². The van der Waals surface area contributed by atoms with Crippen molar-refractivity contribution >= 4 is 6.21 Å². The first kappa shape index (κ1) is 14.7. The molecule has 0 spiro atoms. The Morgan fingerprint density at radius 2 is 1.83 bits per heavy atom. The minimum Gasteiger partial charge on any atom is -0.507 e. The number of aromatic hydroxyl groups is 1. The van der Waals surface area contributed by atoms with Gasteiger partial charge in [0.05, 0.1) is 0 Å². The van der Waals surface area contributed by atoms with Gasteiger partial charge in [-0.05, 0) is 42.4 Å². The minimum absolute atomic E-state index is 0.391. The summed E-state index contributed by atoms with van der Waals surface area (Å²) in [5.74, 6) is 1.48. The van der Waals surface area contributed by atoms with Crippen LogP contribution < -0.4 is 0 Å². The predicted molar refractivity (Wildman–Crippen MR) is 78.7 cm³/mol. The van der Waals surface area contributed by atoms with E-state index >= 15 is 0 Å². The van der Waals surface area contributed by atoms with Crippen molar-refractivity contribution in [3.05, 3.63) is 28.8 Å². The lowest BCUT2D eigenvalue weighted by Gasteiger charge is -2.11. The average molecular weight is 247 g/mol. The summed E-state index contributed by atoms with van der Waals surface area (Å²) in [6, 6.07) is 4.05. The van der Waals surface area contributed by atoms with Crippen LogP contribution in [0.15, 0.2) is 17.1 Å². The van der Waals surface area contributed by atoms with E-state index in [-0.39, 0.29) is 0 Å². The van der Waals surface area contributed by atoms with Crippen molar-refractivity contribution in [2.24, 2.45) is 16.8 Å². The van der Waals surface area contributed by atoms with E-state index in [9.17, 15) is 5.11 Å². The molecule has 1 N–H and O–H groups in total. The molecule has 100 valence electrons. The standard InChI is InChI=1S/C16H25NO/c1-11(2)6-14-7-13(5)8-15(16(14)18)10-17-9-12(3)4/h7-8,10-12,18H,6,9H2,1-5H3. The van der Waals surface area contributed by atoms with Crippen LogP contribution in [0.25, 0.3) is 0 Å². The zero-order chi connectivity index (χ0) is 13.7. The van der Waals surface area contributed by atoms with Gasteiger partial charge in [-0.3, -0.25) is 4.99 Å². The largest absolute Gasteiger partial charge is 0.507 e. The molecule has 0 radical (unpaired) electrons. The van der Waals surface area contributed by atoms with Gasteiger partial charge in [-0.25, -0.2) is 0 Å². The molecule has 0 unspecified atom stereocenters. The Morgan fingerprint density at radius 3 is 2.39 bits per heavy atom. The van der Waals surface area contributed by atoms with Gasteiger partial charge in [0.25, 0.3) is 0 Å². The third-order valence-corrected chi connectivity index (χ3v) is 2.69. The first-order valence-corrected chi connectivity index (χ1v) is 6.72. The molecule has 0 amide bonds. The Hall–Kier alpha value is -1.31. The highest BCUT2D eigenvalue weighted by Crippen LogP contribution is 2.25. The molecule has 1 rings (SSSR count).